The molecule has 1 atom stereocenters. The molecule has 3 rings (SSSR count). The third kappa shape index (κ3) is 4.55. The van der Waals surface area contributed by atoms with Gasteiger partial charge in [0.25, 0.3) is 5.91 Å². The monoisotopic (exact) mass is 415 g/mol. The molecule has 154 valence electrons. The second kappa shape index (κ2) is 9.30. The lowest BCUT2D eigenvalue weighted by Crippen LogP contribution is -2.41. The zero-order chi connectivity index (χ0) is 20.9. The lowest BCUT2D eigenvalue weighted by Gasteiger charge is -2.27. The van der Waals surface area contributed by atoms with Crippen LogP contribution in [0.2, 0.25) is 0 Å². The third-order valence-corrected chi connectivity index (χ3v) is 5.41. The summed E-state index contributed by atoms with van der Waals surface area (Å²) in [6, 6.07) is 7.42. The molecule has 29 heavy (non-hydrogen) atoms. The van der Waals surface area contributed by atoms with Gasteiger partial charge in [0, 0.05) is 31.4 Å². The van der Waals surface area contributed by atoms with Crippen LogP contribution >= 0.6 is 11.3 Å². The van der Waals surface area contributed by atoms with Gasteiger partial charge in [0.05, 0.1) is 28.2 Å². The number of nitrogens with zero attached hydrogens (tertiary/aromatic N) is 2. The van der Waals surface area contributed by atoms with Crippen LogP contribution in [0.3, 0.4) is 0 Å². The Morgan fingerprint density at radius 1 is 1.24 bits per heavy atom. The average Bonchev–Trinajstić information content (AvgIpc) is 3.26. The number of primary amides is 1. The summed E-state index contributed by atoms with van der Waals surface area (Å²) in [5.74, 6) is 0.112. The van der Waals surface area contributed by atoms with Gasteiger partial charge in [-0.1, -0.05) is 13.0 Å². The molecule has 1 aromatic carbocycles. The maximum atomic E-state index is 12.2. The number of carbonyl (C=O) groups is 1. The molecule has 0 radical (unpaired) electrons. The van der Waals surface area contributed by atoms with Gasteiger partial charge in [0.2, 0.25) is 0 Å². The molecule has 7 nitrogen and oxygen atoms in total. The molecule has 0 saturated carbocycles. The number of benzene rings is 1. The predicted molar refractivity (Wildman–Crippen MR) is 113 cm³/mol. The zero-order valence-electron chi connectivity index (χ0n) is 16.8. The average molecular weight is 416 g/mol. The molecule has 0 aliphatic carbocycles. The van der Waals surface area contributed by atoms with Crippen LogP contribution in [0.4, 0.5) is 0 Å². The second-order valence-electron chi connectivity index (χ2n) is 6.69. The Hall–Kier alpha value is -2.55. The first kappa shape index (κ1) is 21.2. The van der Waals surface area contributed by atoms with E-state index in [-0.39, 0.29) is 0 Å². The second-order valence-corrected chi connectivity index (χ2v) is 7.58. The van der Waals surface area contributed by atoms with Crippen molar-refractivity contribution in [1.29, 1.82) is 0 Å². The molecule has 2 N–H and O–H groups in total. The van der Waals surface area contributed by atoms with Gasteiger partial charge in [0.15, 0.2) is 5.60 Å². The number of hydrogen-bond acceptors (Lipinski definition) is 7. The largest absolute Gasteiger partial charge is 0.490 e. The fourth-order valence-corrected chi connectivity index (χ4v) is 3.50. The van der Waals surface area contributed by atoms with Crippen LogP contribution in [-0.2, 0) is 19.9 Å². The van der Waals surface area contributed by atoms with Gasteiger partial charge in [-0.05, 0) is 31.0 Å². The summed E-state index contributed by atoms with van der Waals surface area (Å²) in [6.45, 7) is 4.95. The number of methoxy groups -OCH3 is 1. The van der Waals surface area contributed by atoms with Crippen molar-refractivity contribution in [1.82, 2.24) is 9.97 Å². The van der Waals surface area contributed by atoms with E-state index in [9.17, 15) is 4.79 Å². The van der Waals surface area contributed by atoms with Crippen molar-refractivity contribution in [2.24, 2.45) is 5.73 Å². The summed E-state index contributed by atoms with van der Waals surface area (Å²) in [7, 11) is 1.62. The number of nitrogens with two attached hydrogens (primary N) is 1. The quantitative estimate of drug-likeness (QED) is 0.509. The fourth-order valence-electron chi connectivity index (χ4n) is 2.92. The van der Waals surface area contributed by atoms with Crippen LogP contribution in [0.5, 0.6) is 5.75 Å². The molecule has 0 bridgehead atoms. The summed E-state index contributed by atoms with van der Waals surface area (Å²) >= 11 is 1.51. The molecular weight excluding hydrogens is 390 g/mol. The number of amides is 1. The van der Waals surface area contributed by atoms with Gasteiger partial charge in [-0.25, -0.2) is 4.98 Å². The van der Waals surface area contributed by atoms with Crippen molar-refractivity contribution in [3.8, 4) is 16.3 Å². The van der Waals surface area contributed by atoms with Crippen molar-refractivity contribution in [2.75, 3.05) is 26.9 Å². The van der Waals surface area contributed by atoms with Crippen molar-refractivity contribution in [2.45, 2.75) is 25.9 Å². The van der Waals surface area contributed by atoms with E-state index >= 15 is 0 Å². The number of pyridine rings is 1. The summed E-state index contributed by atoms with van der Waals surface area (Å²) in [5, 5.41) is 0.777. The summed E-state index contributed by atoms with van der Waals surface area (Å²) in [5.41, 5.74) is 8.40. The van der Waals surface area contributed by atoms with E-state index in [0.717, 1.165) is 27.9 Å². The highest BCUT2D eigenvalue weighted by Gasteiger charge is 2.34. The van der Waals surface area contributed by atoms with Crippen LogP contribution in [0.25, 0.3) is 21.5 Å². The fraction of sp³-hybridized carbons (Fsp3) is 0.381. The maximum Gasteiger partial charge on any atom is 0.254 e. The van der Waals surface area contributed by atoms with Gasteiger partial charge < -0.3 is 19.9 Å². The Labute approximate surface area is 173 Å². The van der Waals surface area contributed by atoms with E-state index < -0.39 is 11.5 Å². The van der Waals surface area contributed by atoms with Crippen molar-refractivity contribution >= 4 is 28.1 Å². The van der Waals surface area contributed by atoms with Crippen LogP contribution < -0.4 is 10.5 Å². The van der Waals surface area contributed by atoms with Gasteiger partial charge >= 0.3 is 0 Å². The summed E-state index contributed by atoms with van der Waals surface area (Å²) in [4.78, 5) is 22.0. The molecule has 0 aliphatic heterocycles. The number of carbonyl (C=O) groups excluding carboxylic acids is 1. The predicted octanol–water partition coefficient (Wildman–Crippen LogP) is 3.51. The number of aromatic nitrogens is 2. The molecule has 0 aliphatic rings. The van der Waals surface area contributed by atoms with E-state index in [1.807, 2.05) is 31.2 Å². The third-order valence-electron chi connectivity index (χ3n) is 4.62. The highest BCUT2D eigenvalue weighted by Crippen LogP contribution is 2.35. The highest BCUT2D eigenvalue weighted by atomic mass is 32.1. The Morgan fingerprint density at radius 2 is 2.07 bits per heavy atom. The topological polar surface area (TPSA) is 96.6 Å². The van der Waals surface area contributed by atoms with E-state index in [2.05, 4.69) is 4.98 Å². The lowest BCUT2D eigenvalue weighted by molar-refractivity contribution is -0.142. The smallest absolute Gasteiger partial charge is 0.254 e. The molecule has 8 heteroatoms. The number of rotatable bonds is 10. The van der Waals surface area contributed by atoms with E-state index in [1.54, 1.807) is 25.7 Å². The normalized spacial score (nSPS) is 13.3. The Bertz CT molecular complexity index is 977. The van der Waals surface area contributed by atoms with Gasteiger partial charge in [0.1, 0.15) is 12.4 Å². The Kier molecular flexibility index (Phi) is 6.79. The number of hydrogen-bond donors (Lipinski definition) is 1. The van der Waals surface area contributed by atoms with Gasteiger partial charge in [-0.2, -0.15) is 0 Å². The zero-order valence-corrected chi connectivity index (χ0v) is 17.6. The molecule has 0 saturated heterocycles. The van der Waals surface area contributed by atoms with Crippen LogP contribution in [-0.4, -0.2) is 42.8 Å². The van der Waals surface area contributed by atoms with Crippen molar-refractivity contribution in [3.05, 3.63) is 41.5 Å². The first-order chi connectivity index (χ1) is 14.0. The van der Waals surface area contributed by atoms with Gasteiger partial charge in [-0.3, -0.25) is 9.78 Å². The molecule has 2 heterocycles. The van der Waals surface area contributed by atoms with E-state index in [4.69, 9.17) is 24.9 Å². The van der Waals surface area contributed by atoms with Crippen molar-refractivity contribution < 1.29 is 19.0 Å². The Morgan fingerprint density at radius 3 is 2.72 bits per heavy atom. The number of ether oxygens (including phenoxy) is 3. The lowest BCUT2D eigenvalue weighted by atomic mass is 9.93. The highest BCUT2D eigenvalue weighted by molar-refractivity contribution is 7.13. The minimum absolute atomic E-state index is 0.390. The minimum Gasteiger partial charge on any atom is -0.490 e. The van der Waals surface area contributed by atoms with E-state index in [1.165, 1.54) is 11.3 Å². The van der Waals surface area contributed by atoms with Gasteiger partial charge in [-0.15, -0.1) is 11.3 Å². The minimum atomic E-state index is -1.23. The molecular formula is C21H25N3O4S. The number of fused-ring (bicyclic) bond motifs is 1. The SMILES string of the molecule is CCCOC(C)(C(N)=O)c1ccc2nc(-c3cncs3)cc(OCCOC)c2c1. The van der Waals surface area contributed by atoms with Crippen LogP contribution in [0.1, 0.15) is 25.8 Å². The molecule has 0 spiro atoms. The van der Waals surface area contributed by atoms with Crippen LogP contribution in [0, 0.1) is 0 Å². The Balaban J connectivity index is 2.11. The van der Waals surface area contributed by atoms with Crippen LogP contribution in [0.15, 0.2) is 36.0 Å². The molecule has 3 aromatic rings. The number of thiazole rings is 1. The summed E-state index contributed by atoms with van der Waals surface area (Å²) < 4.78 is 16.9. The van der Waals surface area contributed by atoms with Crippen molar-refractivity contribution in [3.63, 3.8) is 0 Å². The maximum absolute atomic E-state index is 12.2. The molecule has 1 amide bonds. The molecule has 0 fully saturated rings. The first-order valence-corrected chi connectivity index (χ1v) is 10.3. The molecule has 1 unspecified atom stereocenters. The summed E-state index contributed by atoms with van der Waals surface area (Å²) in [6.07, 6.45) is 2.55. The standard InChI is InChI=1S/C21H25N3O4S/c1-4-7-28-21(2,20(22)25)14-5-6-16-15(10-14)18(27-9-8-26-3)11-17(24-16)19-12-23-13-29-19/h5-6,10-13H,4,7-9H2,1-3H3,(H2,22,25). The van der Waals surface area contributed by atoms with E-state index in [0.29, 0.717) is 31.1 Å². The first-order valence-electron chi connectivity index (χ1n) is 9.39. The molecule has 2 aromatic heterocycles.